The van der Waals surface area contributed by atoms with Crippen molar-refractivity contribution in [3.63, 3.8) is 0 Å². The zero-order chi connectivity index (χ0) is 14.8. The molecule has 0 fully saturated rings. The van der Waals surface area contributed by atoms with Gasteiger partial charge in [0.25, 0.3) is 0 Å². The Morgan fingerprint density at radius 2 is 1.86 bits per heavy atom. The third-order valence-corrected chi connectivity index (χ3v) is 5.51. The molecule has 2 aromatic rings. The van der Waals surface area contributed by atoms with Crippen molar-refractivity contribution in [2.75, 3.05) is 13.1 Å². The van der Waals surface area contributed by atoms with Crippen molar-refractivity contribution in [2.45, 2.75) is 38.8 Å². The minimum absolute atomic E-state index is 0.333. The number of benzene rings is 1. The predicted molar refractivity (Wildman–Crippen MR) is 90.8 cm³/mol. The molecular formula is C18H24N2S. The van der Waals surface area contributed by atoms with Crippen LogP contribution in [0.3, 0.4) is 0 Å². The van der Waals surface area contributed by atoms with E-state index in [0.29, 0.717) is 18.5 Å². The van der Waals surface area contributed by atoms with Crippen LogP contribution in [-0.4, -0.2) is 18.0 Å². The Bertz CT molecular complexity index is 586. The second-order valence-electron chi connectivity index (χ2n) is 6.16. The lowest BCUT2D eigenvalue weighted by atomic mass is 9.97. The van der Waals surface area contributed by atoms with Crippen LogP contribution in [0.4, 0.5) is 0 Å². The Morgan fingerprint density at radius 3 is 2.52 bits per heavy atom. The molecular weight excluding hydrogens is 276 g/mol. The summed E-state index contributed by atoms with van der Waals surface area (Å²) in [6.45, 7) is 7.30. The van der Waals surface area contributed by atoms with Crippen LogP contribution in [-0.2, 0) is 13.0 Å². The van der Waals surface area contributed by atoms with E-state index in [1.807, 2.05) is 11.3 Å². The molecule has 0 unspecified atom stereocenters. The van der Waals surface area contributed by atoms with Crippen LogP contribution in [0.1, 0.15) is 47.4 Å². The highest BCUT2D eigenvalue weighted by atomic mass is 32.1. The Kier molecular flexibility index (Phi) is 4.43. The van der Waals surface area contributed by atoms with E-state index >= 15 is 0 Å². The maximum atomic E-state index is 6.09. The smallest absolute Gasteiger partial charge is 0.0474 e. The SMILES string of the molecule is CC(C)c1ccc([C@H](CN)N2CCc3sccc3C2)cc1. The van der Waals surface area contributed by atoms with Gasteiger partial charge in [-0.1, -0.05) is 38.1 Å². The summed E-state index contributed by atoms with van der Waals surface area (Å²) in [5, 5.41) is 2.21. The van der Waals surface area contributed by atoms with Gasteiger partial charge in [0.05, 0.1) is 0 Å². The van der Waals surface area contributed by atoms with E-state index in [0.717, 1.165) is 19.5 Å². The third-order valence-electron chi connectivity index (χ3n) is 4.49. The van der Waals surface area contributed by atoms with Crippen molar-refractivity contribution in [1.82, 2.24) is 4.90 Å². The number of rotatable bonds is 4. The molecule has 0 bridgehead atoms. The van der Waals surface area contributed by atoms with Gasteiger partial charge in [-0.15, -0.1) is 11.3 Å². The third kappa shape index (κ3) is 3.05. The minimum Gasteiger partial charge on any atom is -0.329 e. The van der Waals surface area contributed by atoms with Gasteiger partial charge in [-0.25, -0.2) is 0 Å². The van der Waals surface area contributed by atoms with Crippen LogP contribution in [0.5, 0.6) is 0 Å². The second-order valence-corrected chi connectivity index (χ2v) is 7.16. The van der Waals surface area contributed by atoms with Gasteiger partial charge < -0.3 is 5.73 Å². The summed E-state index contributed by atoms with van der Waals surface area (Å²) in [7, 11) is 0. The Labute approximate surface area is 131 Å². The molecule has 1 aliphatic heterocycles. The van der Waals surface area contributed by atoms with E-state index in [1.54, 1.807) is 4.88 Å². The van der Waals surface area contributed by atoms with Gasteiger partial charge in [0.15, 0.2) is 0 Å². The highest BCUT2D eigenvalue weighted by molar-refractivity contribution is 7.10. The lowest BCUT2D eigenvalue weighted by molar-refractivity contribution is 0.185. The van der Waals surface area contributed by atoms with Crippen LogP contribution >= 0.6 is 11.3 Å². The van der Waals surface area contributed by atoms with Gasteiger partial charge in [-0.05, 0) is 40.5 Å². The molecule has 2 N–H and O–H groups in total. The average molecular weight is 300 g/mol. The predicted octanol–water partition coefficient (Wildman–Crippen LogP) is 3.93. The zero-order valence-corrected chi connectivity index (χ0v) is 13.7. The van der Waals surface area contributed by atoms with Crippen LogP contribution in [0.25, 0.3) is 0 Å². The van der Waals surface area contributed by atoms with Gasteiger partial charge >= 0.3 is 0 Å². The van der Waals surface area contributed by atoms with Gasteiger partial charge in [-0.2, -0.15) is 0 Å². The molecule has 1 aromatic heterocycles. The molecule has 1 atom stereocenters. The normalized spacial score (nSPS) is 17.0. The zero-order valence-electron chi connectivity index (χ0n) is 12.9. The van der Waals surface area contributed by atoms with E-state index in [2.05, 4.69) is 54.5 Å². The Hall–Kier alpha value is -1.16. The van der Waals surface area contributed by atoms with Crippen molar-refractivity contribution < 1.29 is 0 Å². The maximum absolute atomic E-state index is 6.09. The molecule has 0 saturated carbocycles. The number of hydrogen-bond donors (Lipinski definition) is 1. The number of fused-ring (bicyclic) bond motifs is 1. The topological polar surface area (TPSA) is 29.3 Å². The molecule has 3 heteroatoms. The summed E-state index contributed by atoms with van der Waals surface area (Å²) in [6, 6.07) is 11.6. The van der Waals surface area contributed by atoms with E-state index in [9.17, 15) is 0 Å². The monoisotopic (exact) mass is 300 g/mol. The Balaban J connectivity index is 1.79. The molecule has 3 rings (SSSR count). The molecule has 112 valence electrons. The van der Waals surface area contributed by atoms with Crippen molar-refractivity contribution in [2.24, 2.45) is 5.73 Å². The first-order valence-electron chi connectivity index (χ1n) is 7.78. The number of thiophene rings is 1. The van der Waals surface area contributed by atoms with Gasteiger partial charge in [0.2, 0.25) is 0 Å². The van der Waals surface area contributed by atoms with Crippen LogP contribution in [0.2, 0.25) is 0 Å². The quantitative estimate of drug-likeness (QED) is 0.927. The van der Waals surface area contributed by atoms with Crippen molar-refractivity contribution in [3.05, 3.63) is 57.3 Å². The van der Waals surface area contributed by atoms with Gasteiger partial charge in [0.1, 0.15) is 0 Å². The summed E-state index contributed by atoms with van der Waals surface area (Å²) in [4.78, 5) is 4.08. The maximum Gasteiger partial charge on any atom is 0.0474 e. The number of hydrogen-bond acceptors (Lipinski definition) is 3. The first-order valence-corrected chi connectivity index (χ1v) is 8.66. The summed E-state index contributed by atoms with van der Waals surface area (Å²) in [5.74, 6) is 0.582. The molecule has 2 nitrogen and oxygen atoms in total. The largest absolute Gasteiger partial charge is 0.329 e. The van der Waals surface area contributed by atoms with E-state index < -0.39 is 0 Å². The molecule has 0 amide bonds. The molecule has 0 radical (unpaired) electrons. The van der Waals surface area contributed by atoms with Crippen LogP contribution < -0.4 is 5.73 Å². The minimum atomic E-state index is 0.333. The van der Waals surface area contributed by atoms with Crippen LogP contribution in [0.15, 0.2) is 35.7 Å². The van der Waals surface area contributed by atoms with Gasteiger partial charge in [0, 0.05) is 30.6 Å². The summed E-state index contributed by atoms with van der Waals surface area (Å²) in [5.41, 5.74) is 10.3. The average Bonchev–Trinajstić information content (AvgIpc) is 2.96. The van der Waals surface area contributed by atoms with E-state index in [4.69, 9.17) is 5.73 Å². The summed E-state index contributed by atoms with van der Waals surface area (Å²) >= 11 is 1.89. The lowest BCUT2D eigenvalue weighted by Gasteiger charge is -2.34. The van der Waals surface area contributed by atoms with E-state index in [1.165, 1.54) is 16.7 Å². The molecule has 1 aliphatic rings. The first kappa shape index (κ1) is 14.8. The number of nitrogens with zero attached hydrogens (tertiary/aromatic N) is 1. The van der Waals surface area contributed by atoms with Crippen molar-refractivity contribution >= 4 is 11.3 Å². The fourth-order valence-electron chi connectivity index (χ4n) is 3.14. The van der Waals surface area contributed by atoms with Crippen molar-refractivity contribution in [3.8, 4) is 0 Å². The molecule has 21 heavy (non-hydrogen) atoms. The highest BCUT2D eigenvalue weighted by Crippen LogP contribution is 2.30. The lowest BCUT2D eigenvalue weighted by Crippen LogP contribution is -2.37. The molecule has 2 heterocycles. The van der Waals surface area contributed by atoms with Gasteiger partial charge in [-0.3, -0.25) is 4.90 Å². The highest BCUT2D eigenvalue weighted by Gasteiger charge is 2.24. The standard InChI is InChI=1S/C18H24N2S/c1-13(2)14-3-5-15(6-4-14)17(11-19)20-9-7-18-16(12-20)8-10-21-18/h3-6,8,10,13,17H,7,9,11-12,19H2,1-2H3/t17-/m0/s1. The fourth-order valence-corrected chi connectivity index (χ4v) is 4.03. The first-order chi connectivity index (χ1) is 10.2. The molecule has 0 aliphatic carbocycles. The molecule has 0 spiro atoms. The second kappa shape index (κ2) is 6.30. The summed E-state index contributed by atoms with van der Waals surface area (Å²) in [6.07, 6.45) is 1.16. The molecule has 1 aromatic carbocycles. The Morgan fingerprint density at radius 1 is 1.14 bits per heavy atom. The summed E-state index contributed by atoms with van der Waals surface area (Å²) < 4.78 is 0. The number of nitrogens with two attached hydrogens (primary N) is 1. The van der Waals surface area contributed by atoms with Crippen LogP contribution in [0, 0.1) is 0 Å². The van der Waals surface area contributed by atoms with Crippen molar-refractivity contribution in [1.29, 1.82) is 0 Å². The van der Waals surface area contributed by atoms with E-state index in [-0.39, 0.29) is 0 Å². The molecule has 0 saturated heterocycles. The fraction of sp³-hybridized carbons (Fsp3) is 0.444.